The summed E-state index contributed by atoms with van der Waals surface area (Å²) in [7, 11) is -3.71. The van der Waals surface area contributed by atoms with E-state index >= 15 is 0 Å². The smallest absolute Gasteiger partial charge is 0.243 e. The van der Waals surface area contributed by atoms with Crippen LogP contribution in [0.5, 0.6) is 0 Å². The Labute approximate surface area is 161 Å². The lowest BCUT2D eigenvalue weighted by atomic mass is 10.0. The van der Waals surface area contributed by atoms with Gasteiger partial charge in [0.1, 0.15) is 5.82 Å². The van der Waals surface area contributed by atoms with Crippen LogP contribution < -0.4 is 0 Å². The lowest BCUT2D eigenvalue weighted by Crippen LogP contribution is -2.31. The van der Waals surface area contributed by atoms with E-state index in [1.54, 1.807) is 36.5 Å². The van der Waals surface area contributed by atoms with Gasteiger partial charge in [0.25, 0.3) is 0 Å². The molecule has 27 heavy (non-hydrogen) atoms. The minimum absolute atomic E-state index is 0.186. The zero-order chi connectivity index (χ0) is 19.0. The highest BCUT2D eigenvalue weighted by Crippen LogP contribution is 2.40. The zero-order valence-corrected chi connectivity index (χ0v) is 15.8. The molecule has 1 saturated heterocycles. The summed E-state index contributed by atoms with van der Waals surface area (Å²) in [6.07, 6.45) is 2.89. The second-order valence-corrected chi connectivity index (χ2v) is 8.73. The summed E-state index contributed by atoms with van der Waals surface area (Å²) in [5.74, 6) is -0.370. The maximum Gasteiger partial charge on any atom is 0.243 e. The van der Waals surface area contributed by atoms with Crippen LogP contribution in [0.3, 0.4) is 0 Å². The summed E-state index contributed by atoms with van der Waals surface area (Å²) in [6, 6.07) is 12.1. The number of hydrogen-bond donors (Lipinski definition) is 1. The first-order chi connectivity index (χ1) is 13.0. The molecule has 1 aliphatic rings. The fourth-order valence-electron chi connectivity index (χ4n) is 3.50. The molecule has 2 heterocycles. The van der Waals surface area contributed by atoms with Crippen LogP contribution in [-0.4, -0.2) is 29.5 Å². The van der Waals surface area contributed by atoms with Crippen LogP contribution in [0.25, 0.3) is 11.1 Å². The molecule has 140 valence electrons. The molecule has 5 nitrogen and oxygen atoms in total. The zero-order valence-electron chi connectivity index (χ0n) is 14.3. The average Bonchev–Trinajstić information content (AvgIpc) is 3.31. The molecule has 0 bridgehead atoms. The van der Waals surface area contributed by atoms with Crippen molar-refractivity contribution in [3.05, 3.63) is 71.3 Å². The second-order valence-electron chi connectivity index (χ2n) is 6.40. The van der Waals surface area contributed by atoms with Gasteiger partial charge >= 0.3 is 0 Å². The van der Waals surface area contributed by atoms with Gasteiger partial charge in [-0.1, -0.05) is 29.8 Å². The van der Waals surface area contributed by atoms with Crippen LogP contribution in [0.15, 0.2) is 59.6 Å². The predicted octanol–water partition coefficient (Wildman–Crippen LogP) is 4.40. The third-order valence-corrected chi connectivity index (χ3v) is 6.96. The minimum Gasteiger partial charge on any atom is -0.280 e. The van der Waals surface area contributed by atoms with Gasteiger partial charge in [-0.15, -0.1) is 0 Å². The van der Waals surface area contributed by atoms with E-state index in [4.69, 9.17) is 11.6 Å². The van der Waals surface area contributed by atoms with Crippen molar-refractivity contribution in [3.63, 3.8) is 0 Å². The molecule has 8 heteroatoms. The quantitative estimate of drug-likeness (QED) is 0.699. The SMILES string of the molecule is O=S(=O)(c1ccc(Cl)cc1)N1CCC[C@@H]1c1[nH]ncc1-c1ccccc1F. The fourth-order valence-corrected chi connectivity index (χ4v) is 5.29. The molecule has 2 aromatic carbocycles. The minimum atomic E-state index is -3.71. The Morgan fingerprint density at radius 3 is 2.59 bits per heavy atom. The van der Waals surface area contributed by atoms with Crippen LogP contribution in [-0.2, 0) is 10.0 Å². The number of rotatable bonds is 4. The van der Waals surface area contributed by atoms with Crippen LogP contribution in [0.4, 0.5) is 4.39 Å². The summed E-state index contributed by atoms with van der Waals surface area (Å²) in [5, 5.41) is 7.42. The van der Waals surface area contributed by atoms with Gasteiger partial charge in [0.2, 0.25) is 10.0 Å². The molecule has 0 unspecified atom stereocenters. The van der Waals surface area contributed by atoms with Crippen molar-refractivity contribution in [2.24, 2.45) is 0 Å². The monoisotopic (exact) mass is 405 g/mol. The van der Waals surface area contributed by atoms with Crippen molar-refractivity contribution in [3.8, 4) is 11.1 Å². The maximum atomic E-state index is 14.3. The molecule has 0 aliphatic carbocycles. The Hall–Kier alpha value is -2.22. The highest BCUT2D eigenvalue weighted by molar-refractivity contribution is 7.89. The Balaban J connectivity index is 1.74. The standard InChI is InChI=1S/C19H17ClFN3O2S/c20-13-7-9-14(10-8-13)27(25,26)24-11-3-6-18(24)19-16(12-22-23-19)15-4-1-2-5-17(15)21/h1-2,4-5,7-10,12,18H,3,6,11H2,(H,22,23)/t18-/m1/s1. The molecule has 1 aromatic heterocycles. The third kappa shape index (κ3) is 3.26. The van der Waals surface area contributed by atoms with Gasteiger partial charge in [-0.05, 0) is 43.2 Å². The van der Waals surface area contributed by atoms with Crippen molar-refractivity contribution in [1.29, 1.82) is 0 Å². The average molecular weight is 406 g/mol. The third-order valence-electron chi connectivity index (χ3n) is 4.79. The van der Waals surface area contributed by atoms with Gasteiger partial charge in [0.15, 0.2) is 0 Å². The molecule has 1 aliphatic heterocycles. The maximum absolute atomic E-state index is 14.3. The second kappa shape index (κ2) is 7.07. The van der Waals surface area contributed by atoms with Gasteiger partial charge in [-0.25, -0.2) is 12.8 Å². The number of H-pyrrole nitrogens is 1. The number of benzene rings is 2. The number of hydrogen-bond acceptors (Lipinski definition) is 3. The van der Waals surface area contributed by atoms with Gasteiger partial charge in [-0.2, -0.15) is 9.40 Å². The molecule has 4 rings (SSSR count). The summed E-state index contributed by atoms with van der Waals surface area (Å²) in [4.78, 5) is 0.186. The first-order valence-electron chi connectivity index (χ1n) is 8.54. The van der Waals surface area contributed by atoms with E-state index in [1.807, 2.05) is 0 Å². The number of sulfonamides is 1. The topological polar surface area (TPSA) is 66.1 Å². The molecule has 1 fully saturated rings. The lowest BCUT2D eigenvalue weighted by molar-refractivity contribution is 0.390. The van der Waals surface area contributed by atoms with E-state index in [0.717, 1.165) is 0 Å². The first-order valence-corrected chi connectivity index (χ1v) is 10.4. The van der Waals surface area contributed by atoms with E-state index in [1.165, 1.54) is 22.5 Å². The largest absolute Gasteiger partial charge is 0.280 e. The molecule has 0 amide bonds. The van der Waals surface area contributed by atoms with Gasteiger partial charge < -0.3 is 0 Å². The van der Waals surface area contributed by atoms with E-state index in [-0.39, 0.29) is 10.7 Å². The molecule has 1 N–H and O–H groups in total. The normalized spacial score (nSPS) is 18.1. The lowest BCUT2D eigenvalue weighted by Gasteiger charge is -2.24. The van der Waals surface area contributed by atoms with E-state index < -0.39 is 16.1 Å². The molecule has 0 saturated carbocycles. The molecule has 1 atom stereocenters. The van der Waals surface area contributed by atoms with E-state index in [0.29, 0.717) is 41.2 Å². The van der Waals surface area contributed by atoms with E-state index in [2.05, 4.69) is 10.2 Å². The number of nitrogens with zero attached hydrogens (tertiary/aromatic N) is 2. The highest BCUT2D eigenvalue weighted by atomic mass is 35.5. The summed E-state index contributed by atoms with van der Waals surface area (Å²) in [5.41, 5.74) is 1.59. The summed E-state index contributed by atoms with van der Waals surface area (Å²) >= 11 is 5.88. The number of halogens is 2. The Bertz CT molecular complexity index is 1070. The van der Waals surface area contributed by atoms with Crippen molar-refractivity contribution in [2.75, 3.05) is 6.54 Å². The Kier molecular flexibility index (Phi) is 4.75. The first kappa shape index (κ1) is 18.2. The molecule has 3 aromatic rings. The van der Waals surface area contributed by atoms with Crippen LogP contribution in [0.1, 0.15) is 24.6 Å². The van der Waals surface area contributed by atoms with Gasteiger partial charge in [-0.3, -0.25) is 5.10 Å². The van der Waals surface area contributed by atoms with Gasteiger partial charge in [0.05, 0.1) is 22.8 Å². The summed E-state index contributed by atoms with van der Waals surface area (Å²) < 4.78 is 42.0. The van der Waals surface area contributed by atoms with Crippen LogP contribution in [0.2, 0.25) is 5.02 Å². The highest BCUT2D eigenvalue weighted by Gasteiger charge is 2.38. The number of nitrogens with one attached hydrogen (secondary N) is 1. The fraction of sp³-hybridized carbons (Fsp3) is 0.211. The van der Waals surface area contributed by atoms with Crippen molar-refractivity contribution in [2.45, 2.75) is 23.8 Å². The molecular formula is C19H17ClFN3O2S. The van der Waals surface area contributed by atoms with Crippen LogP contribution >= 0.6 is 11.6 Å². The van der Waals surface area contributed by atoms with Crippen molar-refractivity contribution >= 4 is 21.6 Å². The molecule has 0 spiro atoms. The number of aromatic nitrogens is 2. The Morgan fingerprint density at radius 1 is 1.11 bits per heavy atom. The Morgan fingerprint density at radius 2 is 1.85 bits per heavy atom. The molecule has 0 radical (unpaired) electrons. The van der Waals surface area contributed by atoms with Gasteiger partial charge in [0, 0.05) is 22.7 Å². The van der Waals surface area contributed by atoms with Crippen molar-refractivity contribution in [1.82, 2.24) is 14.5 Å². The predicted molar refractivity (Wildman–Crippen MR) is 101 cm³/mol. The molecular weight excluding hydrogens is 389 g/mol. The van der Waals surface area contributed by atoms with E-state index in [9.17, 15) is 12.8 Å². The van der Waals surface area contributed by atoms with Crippen molar-refractivity contribution < 1.29 is 12.8 Å². The number of aromatic amines is 1. The van der Waals surface area contributed by atoms with Crippen LogP contribution in [0, 0.1) is 5.82 Å². The summed E-state index contributed by atoms with van der Waals surface area (Å²) in [6.45, 7) is 0.394.